The van der Waals surface area contributed by atoms with Gasteiger partial charge in [0.25, 0.3) is 0 Å². The summed E-state index contributed by atoms with van der Waals surface area (Å²) in [6.07, 6.45) is -0.106. The molecule has 0 saturated carbocycles. The number of rotatable bonds is 9. The average Bonchev–Trinajstić information content (AvgIpc) is 2.67. The smallest absolute Gasteiger partial charge is 0.206 e. The number of morpholine rings is 1. The van der Waals surface area contributed by atoms with Gasteiger partial charge in [-0.05, 0) is 30.2 Å². The van der Waals surface area contributed by atoms with Gasteiger partial charge in [0.15, 0.2) is 0 Å². The Balaban J connectivity index is 1.85. The molecule has 6 nitrogen and oxygen atoms in total. The van der Waals surface area contributed by atoms with Crippen LogP contribution >= 0.6 is 0 Å². The van der Waals surface area contributed by atoms with E-state index in [-0.39, 0.29) is 18.5 Å². The maximum Gasteiger partial charge on any atom is 0.206 e. The minimum absolute atomic E-state index is 0.106. The van der Waals surface area contributed by atoms with Crippen LogP contribution in [0.5, 0.6) is 0 Å². The average molecular weight is 373 g/mol. The van der Waals surface area contributed by atoms with Gasteiger partial charge in [0.05, 0.1) is 12.7 Å². The fourth-order valence-electron chi connectivity index (χ4n) is 2.98. The van der Waals surface area contributed by atoms with E-state index in [1.807, 2.05) is 0 Å². The van der Waals surface area contributed by atoms with Gasteiger partial charge in [-0.25, -0.2) is 4.39 Å². The predicted octanol–water partition coefficient (Wildman–Crippen LogP) is 1.65. The molecule has 0 bridgehead atoms. The lowest BCUT2D eigenvalue weighted by molar-refractivity contribution is -0.0312. The molecule has 2 rings (SSSR count). The van der Waals surface area contributed by atoms with Gasteiger partial charge in [-0.2, -0.15) is 10.5 Å². The zero-order chi connectivity index (χ0) is 19.7. The van der Waals surface area contributed by atoms with E-state index in [4.69, 9.17) is 4.74 Å². The van der Waals surface area contributed by atoms with E-state index in [1.54, 1.807) is 12.1 Å². The van der Waals surface area contributed by atoms with Crippen LogP contribution < -0.4 is 10.6 Å². The lowest BCUT2D eigenvalue weighted by Gasteiger charge is -2.34. The zero-order valence-electron chi connectivity index (χ0n) is 16.0. The summed E-state index contributed by atoms with van der Waals surface area (Å²) >= 11 is 0. The summed E-state index contributed by atoms with van der Waals surface area (Å²) in [7, 11) is 0. The summed E-state index contributed by atoms with van der Waals surface area (Å²) in [5.41, 5.74) is -0.219. The van der Waals surface area contributed by atoms with E-state index in [0.29, 0.717) is 25.6 Å². The quantitative estimate of drug-likeness (QED) is 0.685. The van der Waals surface area contributed by atoms with Crippen LogP contribution in [0.25, 0.3) is 0 Å². The number of nitrogens with one attached hydrogen (secondary N) is 2. The summed E-state index contributed by atoms with van der Waals surface area (Å²) in [6, 6.07) is 10.7. The van der Waals surface area contributed by atoms with Crippen molar-refractivity contribution in [2.45, 2.75) is 32.0 Å². The van der Waals surface area contributed by atoms with Crippen LogP contribution in [0.4, 0.5) is 4.39 Å². The predicted molar refractivity (Wildman–Crippen MR) is 101 cm³/mol. The van der Waals surface area contributed by atoms with Gasteiger partial charge in [-0.1, -0.05) is 26.0 Å². The second-order valence-electron chi connectivity index (χ2n) is 7.39. The van der Waals surface area contributed by atoms with Crippen molar-refractivity contribution in [3.05, 3.63) is 35.6 Å². The highest BCUT2D eigenvalue weighted by Crippen LogP contribution is 2.12. The summed E-state index contributed by atoms with van der Waals surface area (Å²) < 4.78 is 18.8. The van der Waals surface area contributed by atoms with Crippen molar-refractivity contribution in [2.24, 2.45) is 5.92 Å². The molecule has 1 aromatic rings. The van der Waals surface area contributed by atoms with Crippen LogP contribution in [0.2, 0.25) is 0 Å². The third kappa shape index (κ3) is 6.89. The van der Waals surface area contributed by atoms with E-state index in [0.717, 1.165) is 25.2 Å². The Morgan fingerprint density at radius 3 is 2.63 bits per heavy atom. The van der Waals surface area contributed by atoms with Crippen molar-refractivity contribution in [3.63, 3.8) is 0 Å². The molecule has 1 fully saturated rings. The van der Waals surface area contributed by atoms with Crippen LogP contribution in [-0.4, -0.2) is 55.9 Å². The molecule has 0 aliphatic carbocycles. The Morgan fingerprint density at radius 1 is 1.30 bits per heavy atom. The molecule has 7 heteroatoms. The third-order valence-electron chi connectivity index (χ3n) is 4.50. The molecule has 1 atom stereocenters. The maximum absolute atomic E-state index is 13.0. The van der Waals surface area contributed by atoms with E-state index in [1.165, 1.54) is 12.1 Å². The minimum Gasteiger partial charge on any atom is -0.374 e. The standard InChI is InChI=1S/C20H28FN5O/c1-16(2)9-24-15-20(13-22,14-23)25-10-19-12-26(7-8-27-19)11-17-3-5-18(21)6-4-17/h3-6,16,19,24-25H,7-12,15H2,1-2H3. The van der Waals surface area contributed by atoms with Gasteiger partial charge in [0, 0.05) is 32.7 Å². The number of nitrogens with zero attached hydrogens (tertiary/aromatic N) is 3. The molecule has 0 radical (unpaired) electrons. The largest absolute Gasteiger partial charge is 0.374 e. The van der Waals surface area contributed by atoms with Crippen LogP contribution in [0, 0.1) is 34.4 Å². The van der Waals surface area contributed by atoms with E-state index in [2.05, 4.69) is 41.5 Å². The van der Waals surface area contributed by atoms with Crippen molar-refractivity contribution >= 4 is 0 Å². The lowest BCUT2D eigenvalue weighted by atomic mass is 10.0. The first-order chi connectivity index (χ1) is 13.0. The van der Waals surface area contributed by atoms with Gasteiger partial charge in [0.2, 0.25) is 5.54 Å². The Hall–Kier alpha value is -2.03. The molecule has 1 unspecified atom stereocenters. The molecule has 1 saturated heterocycles. The molecule has 27 heavy (non-hydrogen) atoms. The SMILES string of the molecule is CC(C)CNCC(C#N)(C#N)NCC1CN(Cc2ccc(F)cc2)CCO1. The highest BCUT2D eigenvalue weighted by atomic mass is 19.1. The molecule has 2 N–H and O–H groups in total. The summed E-state index contributed by atoms with van der Waals surface area (Å²) in [4.78, 5) is 2.24. The summed E-state index contributed by atoms with van der Waals surface area (Å²) in [5.74, 6) is 0.208. The zero-order valence-corrected chi connectivity index (χ0v) is 16.0. The Labute approximate surface area is 160 Å². The van der Waals surface area contributed by atoms with Crippen LogP contribution in [-0.2, 0) is 11.3 Å². The fourth-order valence-corrected chi connectivity index (χ4v) is 2.98. The summed E-state index contributed by atoms with van der Waals surface area (Å²) in [5, 5.41) is 25.2. The van der Waals surface area contributed by atoms with E-state index >= 15 is 0 Å². The van der Waals surface area contributed by atoms with Gasteiger partial charge in [-0.15, -0.1) is 0 Å². The minimum atomic E-state index is -1.27. The third-order valence-corrected chi connectivity index (χ3v) is 4.50. The van der Waals surface area contributed by atoms with Crippen molar-refractivity contribution in [1.82, 2.24) is 15.5 Å². The van der Waals surface area contributed by atoms with E-state index in [9.17, 15) is 14.9 Å². The molecule has 146 valence electrons. The number of halogens is 1. The number of hydrogen-bond donors (Lipinski definition) is 2. The fraction of sp³-hybridized carbons (Fsp3) is 0.600. The highest BCUT2D eigenvalue weighted by Gasteiger charge is 2.31. The molecule has 0 amide bonds. The molecule has 1 aliphatic rings. The van der Waals surface area contributed by atoms with Gasteiger partial charge in [0.1, 0.15) is 18.0 Å². The highest BCUT2D eigenvalue weighted by molar-refractivity contribution is 5.23. The molecular weight excluding hydrogens is 345 g/mol. The molecule has 0 spiro atoms. The lowest BCUT2D eigenvalue weighted by Crippen LogP contribution is -2.55. The van der Waals surface area contributed by atoms with Crippen molar-refractivity contribution in [1.29, 1.82) is 10.5 Å². The normalized spacial score (nSPS) is 18.2. The van der Waals surface area contributed by atoms with Gasteiger partial charge < -0.3 is 10.1 Å². The second-order valence-corrected chi connectivity index (χ2v) is 7.39. The summed E-state index contributed by atoms with van der Waals surface area (Å²) in [6.45, 7) is 8.39. The molecule has 1 aromatic carbocycles. The molecule has 1 aliphatic heterocycles. The Kier molecular flexibility index (Phi) is 8.15. The topological polar surface area (TPSA) is 84.1 Å². The first kappa shape index (κ1) is 21.3. The Bertz CT molecular complexity index is 650. The first-order valence-corrected chi connectivity index (χ1v) is 9.33. The van der Waals surface area contributed by atoms with Crippen LogP contribution in [0.3, 0.4) is 0 Å². The molecule has 1 heterocycles. The number of nitriles is 2. The van der Waals surface area contributed by atoms with Crippen molar-refractivity contribution in [3.8, 4) is 12.1 Å². The molecular formula is C20H28FN5O. The van der Waals surface area contributed by atoms with E-state index < -0.39 is 5.54 Å². The number of benzene rings is 1. The van der Waals surface area contributed by atoms with Crippen molar-refractivity contribution in [2.75, 3.05) is 39.3 Å². The van der Waals surface area contributed by atoms with Gasteiger partial charge >= 0.3 is 0 Å². The number of ether oxygens (including phenoxy) is 1. The Morgan fingerprint density at radius 2 is 2.00 bits per heavy atom. The molecule has 0 aromatic heterocycles. The van der Waals surface area contributed by atoms with Crippen LogP contribution in [0.15, 0.2) is 24.3 Å². The monoisotopic (exact) mass is 373 g/mol. The van der Waals surface area contributed by atoms with Crippen molar-refractivity contribution < 1.29 is 9.13 Å². The second kappa shape index (κ2) is 10.3. The maximum atomic E-state index is 13.0. The first-order valence-electron chi connectivity index (χ1n) is 9.33. The van der Waals surface area contributed by atoms with Gasteiger partial charge in [-0.3, -0.25) is 10.2 Å². The number of hydrogen-bond acceptors (Lipinski definition) is 6. The van der Waals surface area contributed by atoms with Crippen LogP contribution in [0.1, 0.15) is 19.4 Å².